The van der Waals surface area contributed by atoms with Gasteiger partial charge < -0.3 is 9.97 Å². The summed E-state index contributed by atoms with van der Waals surface area (Å²) in [6, 6.07) is 7.99. The minimum Gasteiger partial charge on any atom is -0.667 e. The van der Waals surface area contributed by atoms with E-state index >= 15 is 0 Å². The molecule has 2 nitrogen and oxygen atoms in total. The summed E-state index contributed by atoms with van der Waals surface area (Å²) in [7, 11) is 0. The Labute approximate surface area is 176 Å². The Morgan fingerprint density at radius 1 is 0.867 bits per heavy atom. The Morgan fingerprint density at radius 2 is 1.27 bits per heavy atom. The molecule has 0 atom stereocenters. The van der Waals surface area contributed by atoms with Crippen molar-refractivity contribution in [3.63, 3.8) is 0 Å². The van der Waals surface area contributed by atoms with Crippen LogP contribution in [0.5, 0.6) is 0 Å². The van der Waals surface area contributed by atoms with E-state index in [1.807, 2.05) is 36.7 Å². The molecular weight excluding hydrogens is 238 g/mol. The van der Waals surface area contributed by atoms with Gasteiger partial charge in [-0.05, 0) is 5.41 Å². The molecule has 0 aliphatic heterocycles. The fourth-order valence-electron chi connectivity index (χ4n) is 1.47. The van der Waals surface area contributed by atoms with Crippen molar-refractivity contribution >= 4 is 0 Å². The monoisotopic (exact) mass is 250 g/mol. The van der Waals surface area contributed by atoms with Gasteiger partial charge in [0.1, 0.15) is 0 Å². The molecule has 2 heterocycles. The van der Waals surface area contributed by atoms with E-state index in [-0.39, 0.29) is 108 Å². The molecule has 0 fully saturated rings. The zero-order valence-electron chi connectivity index (χ0n) is 9.86. The van der Waals surface area contributed by atoms with Crippen LogP contribution in [0.15, 0.2) is 36.7 Å². The smallest absolute Gasteiger partial charge is 0.667 e. The molecule has 0 aliphatic carbocycles. The minimum absolute atomic E-state index is 0. The van der Waals surface area contributed by atoms with Gasteiger partial charge in [-0.25, -0.2) is 0 Å². The van der Waals surface area contributed by atoms with Crippen LogP contribution in [0.3, 0.4) is 0 Å². The Hall–Kier alpha value is 1.83. The van der Waals surface area contributed by atoms with Crippen LogP contribution in [-0.4, -0.2) is 0 Å². The summed E-state index contributed by atoms with van der Waals surface area (Å²) in [5.41, 5.74) is 2.07. The third kappa shape index (κ3) is 3.91. The van der Waals surface area contributed by atoms with Crippen LogP contribution in [-0.2, 0) is 5.41 Å². The maximum atomic E-state index is 4.30. The summed E-state index contributed by atoms with van der Waals surface area (Å²) >= 11 is 0. The predicted octanol–water partition coefficient (Wildman–Crippen LogP) is -4.07. The van der Waals surface area contributed by atoms with E-state index in [4.69, 9.17) is 0 Å². The summed E-state index contributed by atoms with van der Waals surface area (Å²) in [5.74, 6) is 0. The van der Waals surface area contributed by atoms with E-state index in [1.165, 1.54) is 0 Å². The van der Waals surface area contributed by atoms with E-state index in [2.05, 4.69) is 23.8 Å². The van der Waals surface area contributed by atoms with Crippen molar-refractivity contribution in [2.45, 2.75) is 19.3 Å². The van der Waals surface area contributed by atoms with Crippen LogP contribution in [0, 0.1) is 0 Å². The first-order valence-corrected chi connectivity index (χ1v) is 4.37. The number of aromatic nitrogens is 2. The Balaban J connectivity index is 0.000000980. The number of nitrogens with zero attached hydrogens (tertiary/aromatic N) is 2. The van der Waals surface area contributed by atoms with Gasteiger partial charge in [-0.15, -0.1) is 0 Å². The average molecular weight is 250 g/mol. The zero-order valence-corrected chi connectivity index (χ0v) is 16.1. The molecule has 0 saturated carbocycles. The van der Waals surface area contributed by atoms with Crippen molar-refractivity contribution < 1.29 is 103 Å². The molecule has 0 aliphatic rings. The SMILES string of the molecule is CC(C)(c1ccc[n-]1)c1ccc[n-]1.[K+].[K+]. The van der Waals surface area contributed by atoms with Gasteiger partial charge in [0.15, 0.2) is 0 Å². The molecule has 2 rings (SSSR count). The van der Waals surface area contributed by atoms with E-state index in [1.54, 1.807) is 0 Å². The summed E-state index contributed by atoms with van der Waals surface area (Å²) in [5, 5.41) is 0. The van der Waals surface area contributed by atoms with Crippen molar-refractivity contribution in [2.75, 3.05) is 0 Å². The average Bonchev–Trinajstić information content (AvgIpc) is 2.78. The standard InChI is InChI=1S/C11H12N2.2K/c1-11(2,9-5-3-7-12-9)10-6-4-8-13-10;;/h3-8H,1-2H3;;/q-2;2*+1. The molecule has 0 amide bonds. The summed E-state index contributed by atoms with van der Waals surface area (Å²) < 4.78 is 0. The molecule has 2 aromatic rings. The Kier molecular flexibility index (Phi) is 8.20. The van der Waals surface area contributed by atoms with Crippen LogP contribution in [0.4, 0.5) is 0 Å². The molecule has 4 heteroatoms. The fraction of sp³-hybridized carbons (Fsp3) is 0.273. The largest absolute Gasteiger partial charge is 1.00 e. The molecule has 0 saturated heterocycles. The molecule has 0 bridgehead atoms. The topological polar surface area (TPSA) is 28.2 Å². The van der Waals surface area contributed by atoms with Crippen molar-refractivity contribution in [1.29, 1.82) is 0 Å². The summed E-state index contributed by atoms with van der Waals surface area (Å²) in [6.45, 7) is 4.27. The third-order valence-electron chi connectivity index (χ3n) is 2.39. The second-order valence-electron chi connectivity index (χ2n) is 3.67. The van der Waals surface area contributed by atoms with Crippen molar-refractivity contribution in [1.82, 2.24) is 9.97 Å². The van der Waals surface area contributed by atoms with Crippen LogP contribution in [0.25, 0.3) is 0 Å². The van der Waals surface area contributed by atoms with Gasteiger partial charge in [0.05, 0.1) is 0 Å². The van der Waals surface area contributed by atoms with Crippen molar-refractivity contribution in [2.24, 2.45) is 0 Å². The van der Waals surface area contributed by atoms with Crippen LogP contribution >= 0.6 is 0 Å². The van der Waals surface area contributed by atoms with Crippen LogP contribution in [0.1, 0.15) is 25.2 Å². The maximum absolute atomic E-state index is 4.30. The van der Waals surface area contributed by atoms with E-state index in [0.717, 1.165) is 11.4 Å². The van der Waals surface area contributed by atoms with E-state index < -0.39 is 0 Å². The zero-order chi connectivity index (χ0) is 9.31. The Morgan fingerprint density at radius 3 is 1.53 bits per heavy atom. The van der Waals surface area contributed by atoms with Crippen molar-refractivity contribution in [3.05, 3.63) is 48.0 Å². The third-order valence-corrected chi connectivity index (χ3v) is 2.39. The molecule has 68 valence electrons. The maximum Gasteiger partial charge on any atom is 1.00 e. The molecule has 2 aromatic heterocycles. The number of hydrogen-bond donors (Lipinski definition) is 0. The van der Waals surface area contributed by atoms with E-state index in [9.17, 15) is 0 Å². The second-order valence-corrected chi connectivity index (χ2v) is 3.67. The van der Waals surface area contributed by atoms with Crippen LogP contribution < -0.4 is 113 Å². The van der Waals surface area contributed by atoms with Crippen LogP contribution in [0.2, 0.25) is 0 Å². The molecule has 0 unspecified atom stereocenters. The summed E-state index contributed by atoms with van der Waals surface area (Å²) in [4.78, 5) is 8.61. The summed E-state index contributed by atoms with van der Waals surface area (Å²) in [6.07, 6.45) is 3.64. The first kappa shape index (κ1) is 16.8. The molecule has 0 aromatic carbocycles. The minimum atomic E-state index is -0.0764. The number of hydrogen-bond acceptors (Lipinski definition) is 0. The molecular formula is C11H12K2N2. The second kappa shape index (κ2) is 7.31. The Bertz CT molecular complexity index is 327. The number of rotatable bonds is 2. The first-order chi connectivity index (χ1) is 6.21. The van der Waals surface area contributed by atoms with Crippen molar-refractivity contribution in [3.8, 4) is 0 Å². The van der Waals surface area contributed by atoms with Gasteiger partial charge in [-0.1, -0.05) is 38.1 Å². The quantitative estimate of drug-likeness (QED) is 0.508. The normalized spacial score (nSPS) is 10.3. The predicted molar refractivity (Wildman–Crippen MR) is 51.7 cm³/mol. The van der Waals surface area contributed by atoms with Gasteiger partial charge in [0.25, 0.3) is 0 Å². The molecule has 0 N–H and O–H groups in total. The van der Waals surface area contributed by atoms with Gasteiger partial charge in [-0.3, -0.25) is 0 Å². The molecule has 0 radical (unpaired) electrons. The van der Waals surface area contributed by atoms with E-state index in [0.29, 0.717) is 0 Å². The van der Waals surface area contributed by atoms with Gasteiger partial charge in [-0.2, -0.15) is 23.8 Å². The van der Waals surface area contributed by atoms with Gasteiger partial charge in [0, 0.05) is 0 Å². The van der Waals surface area contributed by atoms with Gasteiger partial charge in [0.2, 0.25) is 0 Å². The van der Waals surface area contributed by atoms with Gasteiger partial charge >= 0.3 is 103 Å². The molecule has 15 heavy (non-hydrogen) atoms. The fourth-order valence-corrected chi connectivity index (χ4v) is 1.47. The first-order valence-electron chi connectivity index (χ1n) is 4.37. The molecule has 0 spiro atoms.